The number of hydrogen-bond donors (Lipinski definition) is 2. The first-order valence-electron chi connectivity index (χ1n) is 14.1. The highest BCUT2D eigenvalue weighted by molar-refractivity contribution is 6.02. The number of aliphatic hydroxyl groups excluding tert-OH is 1. The molecule has 7 nitrogen and oxygen atoms in total. The van der Waals surface area contributed by atoms with Gasteiger partial charge in [0.25, 0.3) is 0 Å². The van der Waals surface area contributed by atoms with Gasteiger partial charge in [-0.15, -0.1) is 0 Å². The Morgan fingerprint density at radius 2 is 1.95 bits per heavy atom. The molecule has 2 aromatic rings. The van der Waals surface area contributed by atoms with E-state index in [0.717, 1.165) is 6.42 Å². The first kappa shape index (κ1) is 28.4. The largest absolute Gasteiger partial charge is 0.454 e. The zero-order valence-corrected chi connectivity index (χ0v) is 23.9. The van der Waals surface area contributed by atoms with Gasteiger partial charge in [-0.05, 0) is 91.7 Å². The first-order valence-corrected chi connectivity index (χ1v) is 14.1. The minimum atomic E-state index is -1.92. The molecule has 0 amide bonds. The highest BCUT2D eigenvalue weighted by Crippen LogP contribution is 2.62. The maximum Gasteiger partial charge on any atom is 0.342 e. The summed E-state index contributed by atoms with van der Waals surface area (Å²) >= 11 is 0. The van der Waals surface area contributed by atoms with E-state index in [9.17, 15) is 24.2 Å². The molecule has 0 bridgehead atoms. The van der Waals surface area contributed by atoms with Crippen molar-refractivity contribution in [3.05, 3.63) is 65.6 Å². The van der Waals surface area contributed by atoms with Crippen molar-refractivity contribution in [1.82, 2.24) is 9.78 Å². The Hall–Kier alpha value is -3.10. The van der Waals surface area contributed by atoms with Crippen LogP contribution in [-0.4, -0.2) is 49.6 Å². The maximum atomic E-state index is 13.8. The number of halogens is 1. The van der Waals surface area contributed by atoms with Crippen molar-refractivity contribution in [3.63, 3.8) is 0 Å². The van der Waals surface area contributed by atoms with E-state index in [-0.39, 0.29) is 23.3 Å². The number of aromatic nitrogens is 2. The minimum Gasteiger partial charge on any atom is -0.454 e. The van der Waals surface area contributed by atoms with E-state index in [1.54, 1.807) is 36.9 Å². The number of aryl methyl sites for hydroxylation is 1. The van der Waals surface area contributed by atoms with E-state index in [4.69, 9.17) is 4.74 Å². The molecule has 1 aromatic heterocycles. The second-order valence-electron chi connectivity index (χ2n) is 12.5. The number of ketones is 1. The number of aliphatic hydroxyl groups is 2. The van der Waals surface area contributed by atoms with Crippen molar-refractivity contribution < 1.29 is 28.9 Å². The van der Waals surface area contributed by atoms with E-state index >= 15 is 0 Å². The molecule has 1 aromatic carbocycles. The molecule has 40 heavy (non-hydrogen) atoms. The molecule has 5 rings (SSSR count). The summed E-state index contributed by atoms with van der Waals surface area (Å²) in [5.74, 6) is -2.50. The Labute approximate surface area is 234 Å². The normalized spacial score (nSPS) is 34.8. The van der Waals surface area contributed by atoms with Crippen LogP contribution >= 0.6 is 0 Å². The first-order chi connectivity index (χ1) is 18.8. The highest BCUT2D eigenvalue weighted by atomic mass is 19.1. The van der Waals surface area contributed by atoms with Gasteiger partial charge in [-0.3, -0.25) is 9.48 Å². The van der Waals surface area contributed by atoms with Crippen molar-refractivity contribution in [2.24, 2.45) is 29.1 Å². The fraction of sp³-hybridized carbons (Fsp3) is 0.531. The second-order valence-corrected chi connectivity index (χ2v) is 12.5. The van der Waals surface area contributed by atoms with Crippen molar-refractivity contribution >= 4 is 11.8 Å². The third-order valence-electron chi connectivity index (χ3n) is 9.62. The van der Waals surface area contributed by atoms with Crippen LogP contribution in [0.15, 0.2) is 54.3 Å². The van der Waals surface area contributed by atoms with Crippen LogP contribution in [-0.2, 0) is 16.1 Å². The number of fused-ring (bicyclic) bond motifs is 2. The van der Waals surface area contributed by atoms with Crippen LogP contribution in [0.25, 0.3) is 11.3 Å². The lowest BCUT2D eigenvalue weighted by Crippen LogP contribution is -2.52. The Balaban J connectivity index is 1.55. The number of carbonyl (C=O) groups is 2. The standard InChI is InChI=1S/C32H39FN2O5/c1-7-35-16-22(26(34-35)20-9-11-21(33)12-10-20)30(38)40-28-17(2)8-13-23-24(31(23,5)6)14-18(3)29(37)32(39)15-19(4)27(36)25(28)32/h9-12,14,16,19,23-25,27-28,36,39H,2,7-8,13,15H2,1,3-6H3/b18-14+/t19-,23-,24+,25+,27-,28-,32+/m0/s1. The Kier molecular flexibility index (Phi) is 7.16. The number of Topliss-reactive ketones (excluding diaryl/α,β-unsaturated/α-hetero) is 1. The molecule has 1 heterocycles. The number of allylic oxidation sites excluding steroid dienone is 1. The van der Waals surface area contributed by atoms with Gasteiger partial charge in [0, 0.05) is 18.3 Å². The Bertz CT molecular complexity index is 1380. The monoisotopic (exact) mass is 550 g/mol. The van der Waals surface area contributed by atoms with Crippen molar-refractivity contribution in [2.75, 3.05) is 0 Å². The lowest BCUT2D eigenvalue weighted by atomic mass is 9.77. The zero-order valence-electron chi connectivity index (χ0n) is 23.9. The molecule has 214 valence electrons. The Morgan fingerprint density at radius 3 is 2.60 bits per heavy atom. The Morgan fingerprint density at radius 1 is 1.27 bits per heavy atom. The molecule has 0 radical (unpaired) electrons. The zero-order chi connectivity index (χ0) is 29.1. The molecule has 0 saturated heterocycles. The molecule has 2 fully saturated rings. The number of esters is 1. The SMILES string of the molecule is C=C1CC[C@H]2[C@@H](/C=C(\C)C(=O)[C@@]3(O)C[C@H](C)[C@H](O)[C@@H]3[C@H]1OC(=O)c1cn(CC)nc1-c1ccc(F)cc1)C2(C)C. The molecule has 3 aliphatic carbocycles. The molecule has 7 atom stereocenters. The van der Waals surface area contributed by atoms with E-state index in [1.807, 2.05) is 13.0 Å². The summed E-state index contributed by atoms with van der Waals surface area (Å²) < 4.78 is 21.3. The summed E-state index contributed by atoms with van der Waals surface area (Å²) in [6.07, 6.45) is 2.72. The third kappa shape index (κ3) is 4.65. The number of nitrogens with zero attached hydrogens (tertiary/aromatic N) is 2. The summed E-state index contributed by atoms with van der Waals surface area (Å²) in [4.78, 5) is 27.6. The average Bonchev–Trinajstić information content (AvgIpc) is 3.18. The van der Waals surface area contributed by atoms with Gasteiger partial charge in [-0.25, -0.2) is 9.18 Å². The van der Waals surface area contributed by atoms with Crippen LogP contribution < -0.4 is 0 Å². The molecule has 2 N–H and O–H groups in total. The number of benzene rings is 1. The molecule has 8 heteroatoms. The molecule has 2 saturated carbocycles. The van der Waals surface area contributed by atoms with Gasteiger partial charge in [0.2, 0.25) is 0 Å². The van der Waals surface area contributed by atoms with Crippen LogP contribution in [0.3, 0.4) is 0 Å². The summed E-state index contributed by atoms with van der Waals surface area (Å²) in [6, 6.07) is 5.68. The quantitative estimate of drug-likeness (QED) is 0.405. The molecular weight excluding hydrogens is 511 g/mol. The third-order valence-corrected chi connectivity index (χ3v) is 9.62. The van der Waals surface area contributed by atoms with Gasteiger partial charge in [0.05, 0.1) is 12.0 Å². The summed E-state index contributed by atoms with van der Waals surface area (Å²) in [7, 11) is 0. The van der Waals surface area contributed by atoms with Crippen LogP contribution in [0.1, 0.15) is 64.2 Å². The summed E-state index contributed by atoms with van der Waals surface area (Å²) in [5.41, 5.74) is 0.175. The van der Waals surface area contributed by atoms with Gasteiger partial charge in [0.15, 0.2) is 5.78 Å². The highest BCUT2D eigenvalue weighted by Gasteiger charge is 2.61. The number of hydrogen-bond acceptors (Lipinski definition) is 6. The fourth-order valence-electron chi connectivity index (χ4n) is 7.04. The fourth-order valence-corrected chi connectivity index (χ4v) is 7.04. The second kappa shape index (κ2) is 10.1. The van der Waals surface area contributed by atoms with Gasteiger partial charge in [-0.2, -0.15) is 5.10 Å². The predicted octanol–water partition coefficient (Wildman–Crippen LogP) is 5.12. The van der Waals surface area contributed by atoms with Crippen molar-refractivity contribution in [1.29, 1.82) is 0 Å². The topological polar surface area (TPSA) is 102 Å². The van der Waals surface area contributed by atoms with E-state index in [1.165, 1.54) is 12.1 Å². The molecular formula is C32H39FN2O5. The van der Waals surface area contributed by atoms with Gasteiger partial charge in [0.1, 0.15) is 28.8 Å². The number of rotatable bonds is 4. The van der Waals surface area contributed by atoms with Gasteiger partial charge < -0.3 is 14.9 Å². The smallest absolute Gasteiger partial charge is 0.342 e. The van der Waals surface area contributed by atoms with Crippen molar-refractivity contribution in [2.45, 2.75) is 78.2 Å². The lowest BCUT2D eigenvalue weighted by Gasteiger charge is -2.36. The van der Waals surface area contributed by atoms with Crippen LogP contribution in [0.5, 0.6) is 0 Å². The van der Waals surface area contributed by atoms with E-state index in [2.05, 4.69) is 25.5 Å². The lowest BCUT2D eigenvalue weighted by molar-refractivity contribution is -0.144. The minimum absolute atomic E-state index is 0.0104. The molecule has 0 spiro atoms. The van der Waals surface area contributed by atoms with Crippen LogP contribution in [0.2, 0.25) is 0 Å². The average molecular weight is 551 g/mol. The van der Waals surface area contributed by atoms with Crippen LogP contribution in [0, 0.1) is 34.9 Å². The summed E-state index contributed by atoms with van der Waals surface area (Å²) in [5, 5.41) is 27.8. The summed E-state index contributed by atoms with van der Waals surface area (Å²) in [6.45, 7) is 14.5. The number of carbonyl (C=O) groups excluding carboxylic acids is 2. The molecule has 0 unspecified atom stereocenters. The van der Waals surface area contributed by atoms with E-state index in [0.29, 0.717) is 41.3 Å². The van der Waals surface area contributed by atoms with Crippen LogP contribution in [0.4, 0.5) is 4.39 Å². The van der Waals surface area contributed by atoms with E-state index < -0.39 is 47.2 Å². The maximum absolute atomic E-state index is 13.8. The van der Waals surface area contributed by atoms with Gasteiger partial charge in [-0.1, -0.05) is 33.4 Å². The molecule has 0 aliphatic heterocycles. The number of ether oxygens (including phenoxy) is 1. The molecule has 3 aliphatic rings. The van der Waals surface area contributed by atoms with Crippen molar-refractivity contribution in [3.8, 4) is 11.3 Å². The predicted molar refractivity (Wildman–Crippen MR) is 149 cm³/mol. The van der Waals surface area contributed by atoms with Gasteiger partial charge >= 0.3 is 5.97 Å².